The van der Waals surface area contributed by atoms with Crippen LogP contribution in [0.4, 0.5) is 0 Å². The Bertz CT molecular complexity index is 85.9. The Balaban J connectivity index is 2.97. The molecule has 0 bridgehead atoms. The lowest BCUT2D eigenvalue weighted by Crippen LogP contribution is -1.97. The van der Waals surface area contributed by atoms with E-state index >= 15 is 0 Å². The number of alkyl halides is 1. The van der Waals surface area contributed by atoms with Gasteiger partial charge in [-0.2, -0.15) is 11.8 Å². The van der Waals surface area contributed by atoms with Crippen molar-refractivity contribution in [1.29, 1.82) is 0 Å². The summed E-state index contributed by atoms with van der Waals surface area (Å²) < 4.78 is 0. The zero-order valence-electron chi connectivity index (χ0n) is 8.31. The maximum absolute atomic E-state index is 6.09. The first-order valence-corrected chi connectivity index (χ1v) is 6.77. The summed E-state index contributed by atoms with van der Waals surface area (Å²) in [6, 6.07) is 0. The van der Waals surface area contributed by atoms with Gasteiger partial charge in [-0.15, -0.1) is 11.6 Å². The molecule has 0 N–H and O–H groups in total. The number of hydrogen-bond acceptors (Lipinski definition) is 1. The molecule has 2 heteroatoms. The average Bonchev–Trinajstić information content (AvgIpc) is 2.05. The van der Waals surface area contributed by atoms with Crippen molar-refractivity contribution in [2.24, 2.45) is 0 Å². The number of hydrogen-bond donors (Lipinski definition) is 0. The molecule has 0 aliphatic carbocycles. The van der Waals surface area contributed by atoms with Crippen molar-refractivity contribution >= 4 is 23.4 Å². The molecule has 0 aromatic carbocycles. The van der Waals surface area contributed by atoms with E-state index in [0.717, 1.165) is 0 Å². The molecule has 74 valence electrons. The van der Waals surface area contributed by atoms with Crippen LogP contribution in [0, 0.1) is 0 Å². The van der Waals surface area contributed by atoms with Crippen molar-refractivity contribution < 1.29 is 0 Å². The van der Waals surface area contributed by atoms with Gasteiger partial charge in [0.25, 0.3) is 0 Å². The highest BCUT2D eigenvalue weighted by Gasteiger charge is 2.01. The molecule has 0 aromatic rings. The van der Waals surface area contributed by atoms with Crippen LogP contribution >= 0.6 is 23.4 Å². The topological polar surface area (TPSA) is 0 Å². The van der Waals surface area contributed by atoms with Gasteiger partial charge < -0.3 is 0 Å². The van der Waals surface area contributed by atoms with E-state index in [4.69, 9.17) is 11.6 Å². The minimum absolute atomic E-state index is 0.435. The van der Waals surface area contributed by atoms with E-state index in [1.807, 2.05) is 11.8 Å². The zero-order valence-corrected chi connectivity index (χ0v) is 9.89. The summed E-state index contributed by atoms with van der Waals surface area (Å²) >= 11 is 8.03. The lowest BCUT2D eigenvalue weighted by molar-refractivity contribution is 0.610. The molecule has 0 saturated carbocycles. The molecular formula is C10H21ClS. The summed E-state index contributed by atoms with van der Waals surface area (Å²) in [7, 11) is 0. The largest absolute Gasteiger partial charge is 0.165 e. The van der Waals surface area contributed by atoms with Crippen molar-refractivity contribution in [3.8, 4) is 0 Å². The fraction of sp³-hybridized carbons (Fsp3) is 1.00. The highest BCUT2D eigenvalue weighted by atomic mass is 35.5. The van der Waals surface area contributed by atoms with Crippen molar-refractivity contribution in [3.63, 3.8) is 0 Å². The molecule has 0 saturated heterocycles. The molecule has 0 spiro atoms. The molecule has 0 amide bonds. The molecule has 0 heterocycles. The second-order valence-corrected chi connectivity index (χ2v) is 4.83. The van der Waals surface area contributed by atoms with E-state index in [0.29, 0.717) is 5.38 Å². The highest BCUT2D eigenvalue weighted by molar-refractivity contribution is 7.98. The van der Waals surface area contributed by atoms with Crippen LogP contribution in [0.2, 0.25) is 0 Å². The van der Waals surface area contributed by atoms with Crippen molar-refractivity contribution in [2.75, 3.05) is 12.0 Å². The minimum atomic E-state index is 0.435. The smallest absolute Gasteiger partial charge is 0.0336 e. The van der Waals surface area contributed by atoms with Crippen LogP contribution in [0.3, 0.4) is 0 Å². The van der Waals surface area contributed by atoms with Crippen LogP contribution in [-0.4, -0.2) is 17.4 Å². The predicted molar refractivity (Wildman–Crippen MR) is 61.4 cm³/mol. The van der Waals surface area contributed by atoms with Gasteiger partial charge >= 0.3 is 0 Å². The molecule has 0 radical (unpaired) electrons. The van der Waals surface area contributed by atoms with Crippen LogP contribution in [0.1, 0.15) is 45.4 Å². The van der Waals surface area contributed by atoms with E-state index in [-0.39, 0.29) is 0 Å². The second kappa shape index (κ2) is 9.73. The summed E-state index contributed by atoms with van der Waals surface area (Å²) in [4.78, 5) is 0. The monoisotopic (exact) mass is 208 g/mol. The van der Waals surface area contributed by atoms with Crippen LogP contribution in [-0.2, 0) is 0 Å². The highest BCUT2D eigenvalue weighted by Crippen LogP contribution is 2.14. The molecular weight excluding hydrogens is 188 g/mol. The van der Waals surface area contributed by atoms with E-state index in [2.05, 4.69) is 13.2 Å². The van der Waals surface area contributed by atoms with E-state index in [1.54, 1.807) is 0 Å². The molecule has 1 unspecified atom stereocenters. The Morgan fingerprint density at radius 1 is 1.17 bits per heavy atom. The Morgan fingerprint density at radius 2 is 1.92 bits per heavy atom. The molecule has 12 heavy (non-hydrogen) atoms. The van der Waals surface area contributed by atoms with Gasteiger partial charge in [-0.05, 0) is 31.3 Å². The maximum Gasteiger partial charge on any atom is 0.0336 e. The number of halogens is 1. The van der Waals surface area contributed by atoms with Gasteiger partial charge in [0.05, 0.1) is 0 Å². The first-order valence-electron chi connectivity index (χ1n) is 4.94. The summed E-state index contributed by atoms with van der Waals surface area (Å²) in [5.41, 5.74) is 0. The third kappa shape index (κ3) is 8.73. The van der Waals surface area contributed by atoms with Crippen molar-refractivity contribution in [1.82, 2.24) is 0 Å². The predicted octanol–water partition coefficient (Wildman–Crippen LogP) is 4.32. The summed E-state index contributed by atoms with van der Waals surface area (Å²) in [5.74, 6) is 1.31. The molecule has 0 fully saturated rings. The van der Waals surface area contributed by atoms with Gasteiger partial charge in [-0.1, -0.05) is 26.2 Å². The van der Waals surface area contributed by atoms with Crippen molar-refractivity contribution in [3.05, 3.63) is 0 Å². The SMILES string of the molecule is CCCC(Cl)CCCCCSC. The Hall–Kier alpha value is 0.640. The van der Waals surface area contributed by atoms with Gasteiger partial charge in [-0.25, -0.2) is 0 Å². The summed E-state index contributed by atoms with van der Waals surface area (Å²) in [5, 5.41) is 0.435. The fourth-order valence-corrected chi connectivity index (χ4v) is 2.11. The van der Waals surface area contributed by atoms with Gasteiger partial charge in [-0.3, -0.25) is 0 Å². The first-order chi connectivity index (χ1) is 5.81. The van der Waals surface area contributed by atoms with E-state index in [1.165, 1.54) is 44.3 Å². The number of rotatable bonds is 8. The quantitative estimate of drug-likeness (QED) is 0.423. The van der Waals surface area contributed by atoms with Crippen LogP contribution in [0.25, 0.3) is 0 Å². The van der Waals surface area contributed by atoms with E-state index < -0.39 is 0 Å². The maximum atomic E-state index is 6.09. The van der Waals surface area contributed by atoms with Gasteiger partial charge in [0.2, 0.25) is 0 Å². The normalized spacial score (nSPS) is 13.2. The summed E-state index contributed by atoms with van der Waals surface area (Å²) in [6.07, 6.45) is 9.81. The summed E-state index contributed by atoms with van der Waals surface area (Å²) in [6.45, 7) is 2.20. The lowest BCUT2D eigenvalue weighted by atomic mass is 10.1. The Labute approximate surface area is 86.5 Å². The second-order valence-electron chi connectivity index (χ2n) is 3.23. The van der Waals surface area contributed by atoms with Gasteiger partial charge in [0.15, 0.2) is 0 Å². The van der Waals surface area contributed by atoms with E-state index in [9.17, 15) is 0 Å². The fourth-order valence-electron chi connectivity index (χ4n) is 1.25. The minimum Gasteiger partial charge on any atom is -0.165 e. The standard InChI is InChI=1S/C10H21ClS/c1-3-7-10(11)8-5-4-6-9-12-2/h10H,3-9H2,1-2H3. The number of unbranched alkanes of at least 4 members (excludes halogenated alkanes) is 2. The van der Waals surface area contributed by atoms with Crippen LogP contribution in [0.15, 0.2) is 0 Å². The van der Waals surface area contributed by atoms with Gasteiger partial charge in [0, 0.05) is 5.38 Å². The molecule has 0 aliphatic rings. The third-order valence-electron chi connectivity index (χ3n) is 1.97. The van der Waals surface area contributed by atoms with Crippen LogP contribution < -0.4 is 0 Å². The third-order valence-corrected chi connectivity index (χ3v) is 3.10. The van der Waals surface area contributed by atoms with Crippen molar-refractivity contribution in [2.45, 2.75) is 50.8 Å². The van der Waals surface area contributed by atoms with Crippen LogP contribution in [0.5, 0.6) is 0 Å². The average molecular weight is 209 g/mol. The molecule has 0 aliphatic heterocycles. The molecule has 0 rings (SSSR count). The first kappa shape index (κ1) is 12.6. The lowest BCUT2D eigenvalue weighted by Gasteiger charge is -2.06. The molecule has 0 aromatic heterocycles. The number of thioether (sulfide) groups is 1. The molecule has 1 atom stereocenters. The zero-order chi connectivity index (χ0) is 9.23. The molecule has 0 nitrogen and oxygen atoms in total. The Morgan fingerprint density at radius 3 is 2.50 bits per heavy atom. The van der Waals surface area contributed by atoms with Gasteiger partial charge in [0.1, 0.15) is 0 Å². The Kier molecular flexibility index (Phi) is 10.2.